The lowest BCUT2D eigenvalue weighted by molar-refractivity contribution is 0.0479. The van der Waals surface area contributed by atoms with Gasteiger partial charge < -0.3 is 23.9 Å². The van der Waals surface area contributed by atoms with Gasteiger partial charge in [-0.2, -0.15) is 0 Å². The van der Waals surface area contributed by atoms with E-state index in [1.165, 1.54) is 0 Å². The first-order chi connectivity index (χ1) is 15.1. The monoisotopic (exact) mass is 419 g/mol. The van der Waals surface area contributed by atoms with E-state index in [0.29, 0.717) is 17.2 Å². The Morgan fingerprint density at radius 3 is 2.39 bits per heavy atom. The number of fused-ring (bicyclic) bond motifs is 1. The number of hydrogen-bond acceptors (Lipinski definition) is 6. The van der Waals surface area contributed by atoms with E-state index in [2.05, 4.69) is 4.98 Å². The molecule has 1 unspecified atom stereocenters. The SMILES string of the molecule is COc1cc(OC)cc(C(OCCO)c2ccc3ncc(-c4ccn(C)c4)cc3n2)c1. The largest absolute Gasteiger partial charge is 0.497 e. The van der Waals surface area contributed by atoms with Gasteiger partial charge in [0.25, 0.3) is 0 Å². The molecule has 1 N–H and O–H groups in total. The number of hydrogen-bond donors (Lipinski definition) is 1. The maximum absolute atomic E-state index is 9.34. The topological polar surface area (TPSA) is 78.6 Å². The zero-order valence-electron chi connectivity index (χ0n) is 17.8. The molecule has 0 saturated heterocycles. The van der Waals surface area contributed by atoms with Gasteiger partial charge in [-0.15, -0.1) is 0 Å². The fraction of sp³-hybridized carbons (Fsp3) is 0.250. The van der Waals surface area contributed by atoms with Crippen LogP contribution >= 0.6 is 0 Å². The molecule has 3 heterocycles. The Balaban J connectivity index is 1.78. The Bertz CT molecular complexity index is 1170. The van der Waals surface area contributed by atoms with Gasteiger partial charge in [0, 0.05) is 42.8 Å². The van der Waals surface area contributed by atoms with E-state index in [4.69, 9.17) is 19.2 Å². The Kier molecular flexibility index (Phi) is 6.16. The molecule has 4 aromatic rings. The number of ether oxygens (including phenoxy) is 3. The first-order valence-electron chi connectivity index (χ1n) is 9.95. The third-order valence-corrected chi connectivity index (χ3v) is 5.05. The molecule has 7 heteroatoms. The molecule has 0 radical (unpaired) electrons. The highest BCUT2D eigenvalue weighted by atomic mass is 16.5. The van der Waals surface area contributed by atoms with Gasteiger partial charge in [-0.05, 0) is 42.0 Å². The van der Waals surface area contributed by atoms with Gasteiger partial charge in [0.05, 0.1) is 44.2 Å². The predicted octanol–water partition coefficient (Wildman–Crippen LogP) is 3.75. The van der Waals surface area contributed by atoms with Gasteiger partial charge >= 0.3 is 0 Å². The minimum atomic E-state index is -0.499. The second-order valence-corrected chi connectivity index (χ2v) is 7.18. The molecule has 0 fully saturated rings. The molecular weight excluding hydrogens is 394 g/mol. The van der Waals surface area contributed by atoms with Gasteiger partial charge in [-0.25, -0.2) is 4.98 Å². The standard InChI is InChI=1S/C24H25N3O4/c1-27-7-6-16(15-27)18-12-23-21(25-14-18)4-5-22(26-23)24(31-9-8-28)17-10-19(29-2)13-20(11-17)30-3/h4-7,10-15,24,28H,8-9H2,1-3H3. The smallest absolute Gasteiger partial charge is 0.125 e. The van der Waals surface area contributed by atoms with Crippen LogP contribution in [-0.4, -0.2) is 47.1 Å². The van der Waals surface area contributed by atoms with Crippen LogP contribution in [0, 0.1) is 0 Å². The quantitative estimate of drug-likeness (QED) is 0.469. The van der Waals surface area contributed by atoms with Crippen molar-refractivity contribution in [2.75, 3.05) is 27.4 Å². The van der Waals surface area contributed by atoms with Crippen molar-refractivity contribution in [1.29, 1.82) is 0 Å². The van der Waals surface area contributed by atoms with Gasteiger partial charge in [-0.1, -0.05) is 0 Å². The molecule has 0 bridgehead atoms. The van der Waals surface area contributed by atoms with Crippen LogP contribution in [0.25, 0.3) is 22.2 Å². The molecule has 160 valence electrons. The minimum absolute atomic E-state index is 0.0924. The summed E-state index contributed by atoms with van der Waals surface area (Å²) >= 11 is 0. The summed E-state index contributed by atoms with van der Waals surface area (Å²) in [5.41, 5.74) is 5.18. The summed E-state index contributed by atoms with van der Waals surface area (Å²) in [6.07, 6.45) is 5.40. The molecule has 0 aliphatic rings. The van der Waals surface area contributed by atoms with Crippen molar-refractivity contribution in [2.24, 2.45) is 7.05 Å². The summed E-state index contributed by atoms with van der Waals surface area (Å²) < 4.78 is 18.8. The maximum atomic E-state index is 9.34. The van der Waals surface area contributed by atoms with Gasteiger partial charge in [-0.3, -0.25) is 4.98 Å². The zero-order valence-corrected chi connectivity index (χ0v) is 17.8. The second-order valence-electron chi connectivity index (χ2n) is 7.18. The van der Waals surface area contributed by atoms with Gasteiger partial charge in [0.1, 0.15) is 17.6 Å². The van der Waals surface area contributed by atoms with Crippen LogP contribution in [-0.2, 0) is 11.8 Å². The Hall–Kier alpha value is -3.42. The maximum Gasteiger partial charge on any atom is 0.125 e. The number of pyridine rings is 2. The normalized spacial score (nSPS) is 12.1. The number of methoxy groups -OCH3 is 2. The average Bonchev–Trinajstić information content (AvgIpc) is 3.24. The molecule has 7 nitrogen and oxygen atoms in total. The van der Waals surface area contributed by atoms with Gasteiger partial charge in [0.15, 0.2) is 0 Å². The van der Waals surface area contributed by atoms with Crippen LogP contribution in [0.5, 0.6) is 11.5 Å². The molecule has 0 saturated carbocycles. The van der Waals surface area contributed by atoms with E-state index in [-0.39, 0.29) is 13.2 Å². The number of aliphatic hydroxyl groups excluding tert-OH is 1. The van der Waals surface area contributed by atoms with Crippen molar-refractivity contribution >= 4 is 11.0 Å². The third kappa shape index (κ3) is 4.52. The summed E-state index contributed by atoms with van der Waals surface area (Å²) in [4.78, 5) is 9.42. The molecule has 4 rings (SSSR count). The van der Waals surface area contributed by atoms with Crippen molar-refractivity contribution in [3.05, 3.63) is 72.3 Å². The first-order valence-corrected chi connectivity index (χ1v) is 9.95. The summed E-state index contributed by atoms with van der Waals surface area (Å²) in [6.45, 7) is 0.0805. The summed E-state index contributed by atoms with van der Waals surface area (Å²) in [6, 6.07) is 13.5. The lowest BCUT2D eigenvalue weighted by Crippen LogP contribution is -2.11. The van der Waals surface area contributed by atoms with Crippen molar-refractivity contribution in [3.63, 3.8) is 0 Å². The number of aryl methyl sites for hydroxylation is 1. The molecule has 0 spiro atoms. The number of nitrogens with zero attached hydrogens (tertiary/aromatic N) is 3. The summed E-state index contributed by atoms with van der Waals surface area (Å²) in [7, 11) is 5.19. The highest BCUT2D eigenvalue weighted by Gasteiger charge is 2.19. The number of rotatable bonds is 8. The van der Waals surface area contributed by atoms with Crippen LogP contribution < -0.4 is 9.47 Å². The van der Waals surface area contributed by atoms with Crippen molar-refractivity contribution < 1.29 is 19.3 Å². The molecule has 31 heavy (non-hydrogen) atoms. The van der Waals surface area contributed by atoms with E-state index < -0.39 is 6.10 Å². The highest BCUT2D eigenvalue weighted by molar-refractivity contribution is 5.80. The number of benzene rings is 1. The second kappa shape index (κ2) is 9.16. The highest BCUT2D eigenvalue weighted by Crippen LogP contribution is 2.32. The Morgan fingerprint density at radius 1 is 0.968 bits per heavy atom. The van der Waals surface area contributed by atoms with E-state index in [9.17, 15) is 5.11 Å². The zero-order chi connectivity index (χ0) is 21.8. The van der Waals surface area contributed by atoms with E-state index >= 15 is 0 Å². The molecule has 1 atom stereocenters. The molecule has 0 aliphatic carbocycles. The number of aromatic nitrogens is 3. The molecule has 0 aliphatic heterocycles. The molecule has 1 aromatic carbocycles. The lowest BCUT2D eigenvalue weighted by atomic mass is 10.0. The van der Waals surface area contributed by atoms with E-state index in [1.54, 1.807) is 20.3 Å². The first kappa shape index (κ1) is 20.8. The van der Waals surface area contributed by atoms with Crippen LogP contribution in [0.2, 0.25) is 0 Å². The van der Waals surface area contributed by atoms with Crippen molar-refractivity contribution in [1.82, 2.24) is 14.5 Å². The fourth-order valence-corrected chi connectivity index (χ4v) is 3.50. The van der Waals surface area contributed by atoms with Crippen molar-refractivity contribution in [2.45, 2.75) is 6.10 Å². The third-order valence-electron chi connectivity index (χ3n) is 5.05. The average molecular weight is 419 g/mol. The number of aliphatic hydroxyl groups is 1. The molecule has 3 aromatic heterocycles. The van der Waals surface area contributed by atoms with E-state index in [1.807, 2.05) is 66.6 Å². The Morgan fingerprint density at radius 2 is 1.74 bits per heavy atom. The Labute approximate surface area is 180 Å². The molecular formula is C24H25N3O4. The predicted molar refractivity (Wildman–Crippen MR) is 118 cm³/mol. The minimum Gasteiger partial charge on any atom is -0.497 e. The van der Waals surface area contributed by atoms with E-state index in [0.717, 1.165) is 27.7 Å². The van der Waals surface area contributed by atoms with Crippen LogP contribution in [0.15, 0.2) is 61.1 Å². The summed E-state index contributed by atoms with van der Waals surface area (Å²) in [5.74, 6) is 1.31. The molecule has 0 amide bonds. The van der Waals surface area contributed by atoms with Crippen LogP contribution in [0.4, 0.5) is 0 Å². The summed E-state index contributed by atoms with van der Waals surface area (Å²) in [5, 5.41) is 9.34. The van der Waals surface area contributed by atoms with Crippen LogP contribution in [0.1, 0.15) is 17.4 Å². The lowest BCUT2D eigenvalue weighted by Gasteiger charge is -2.19. The van der Waals surface area contributed by atoms with Gasteiger partial charge in [0.2, 0.25) is 0 Å². The fourth-order valence-electron chi connectivity index (χ4n) is 3.50. The van der Waals surface area contributed by atoms with Crippen molar-refractivity contribution in [3.8, 4) is 22.6 Å². The van der Waals surface area contributed by atoms with Crippen LogP contribution in [0.3, 0.4) is 0 Å².